The lowest BCUT2D eigenvalue weighted by molar-refractivity contribution is 0.301. The Morgan fingerprint density at radius 1 is 0.950 bits per heavy atom. The summed E-state index contributed by atoms with van der Waals surface area (Å²) >= 11 is 7.09. The van der Waals surface area contributed by atoms with Crippen molar-refractivity contribution in [2.45, 2.75) is 6.61 Å². The average molecular weight is 303 g/mol. The van der Waals surface area contributed by atoms with Gasteiger partial charge in [0, 0.05) is 11.5 Å². The van der Waals surface area contributed by atoms with Crippen LogP contribution in [0.15, 0.2) is 54.6 Å². The van der Waals surface area contributed by atoms with Gasteiger partial charge in [-0.15, -0.1) is 5.10 Å². The van der Waals surface area contributed by atoms with Crippen molar-refractivity contribution in [3.05, 3.63) is 64.6 Å². The van der Waals surface area contributed by atoms with E-state index in [0.29, 0.717) is 16.6 Å². The lowest BCUT2D eigenvalue weighted by Crippen LogP contribution is -1.96. The molecule has 3 rings (SSSR count). The molecular formula is C15H11ClN2OS. The van der Waals surface area contributed by atoms with Crippen LogP contribution < -0.4 is 4.74 Å². The standard InChI is InChI=1S/C15H11ClN2OS/c16-15-14(17-18-20-15)10-19-13-8-6-12(7-9-13)11-4-2-1-3-5-11/h1-9H,10H2. The third kappa shape index (κ3) is 2.98. The Morgan fingerprint density at radius 3 is 2.30 bits per heavy atom. The van der Waals surface area contributed by atoms with E-state index in [9.17, 15) is 0 Å². The topological polar surface area (TPSA) is 35.0 Å². The molecule has 3 nitrogen and oxygen atoms in total. The zero-order chi connectivity index (χ0) is 13.8. The number of rotatable bonds is 4. The molecule has 0 radical (unpaired) electrons. The van der Waals surface area contributed by atoms with Crippen LogP contribution in [-0.2, 0) is 6.61 Å². The lowest BCUT2D eigenvalue weighted by Gasteiger charge is -2.06. The fourth-order valence-corrected chi connectivity index (χ4v) is 2.41. The minimum absolute atomic E-state index is 0.333. The van der Waals surface area contributed by atoms with Crippen molar-refractivity contribution in [1.82, 2.24) is 9.59 Å². The molecule has 100 valence electrons. The molecule has 0 fully saturated rings. The Morgan fingerprint density at radius 2 is 1.65 bits per heavy atom. The van der Waals surface area contributed by atoms with Gasteiger partial charge >= 0.3 is 0 Å². The second kappa shape index (κ2) is 6.03. The van der Waals surface area contributed by atoms with E-state index >= 15 is 0 Å². The van der Waals surface area contributed by atoms with Crippen molar-refractivity contribution in [1.29, 1.82) is 0 Å². The zero-order valence-electron chi connectivity index (χ0n) is 10.5. The Balaban J connectivity index is 1.69. The predicted molar refractivity (Wildman–Crippen MR) is 81.1 cm³/mol. The molecule has 2 aromatic carbocycles. The molecule has 1 heterocycles. The van der Waals surface area contributed by atoms with Gasteiger partial charge in [0.2, 0.25) is 0 Å². The van der Waals surface area contributed by atoms with Gasteiger partial charge in [-0.1, -0.05) is 58.6 Å². The summed E-state index contributed by atoms with van der Waals surface area (Å²) in [5.74, 6) is 0.786. The van der Waals surface area contributed by atoms with Crippen molar-refractivity contribution in [3.63, 3.8) is 0 Å². The highest BCUT2D eigenvalue weighted by molar-refractivity contribution is 7.10. The van der Waals surface area contributed by atoms with E-state index in [1.807, 2.05) is 42.5 Å². The first kappa shape index (κ1) is 13.1. The summed E-state index contributed by atoms with van der Waals surface area (Å²) in [5.41, 5.74) is 3.01. The predicted octanol–water partition coefficient (Wildman–Crippen LogP) is 4.44. The summed E-state index contributed by atoms with van der Waals surface area (Å²) in [7, 11) is 0. The van der Waals surface area contributed by atoms with Crippen molar-refractivity contribution in [2.75, 3.05) is 0 Å². The molecule has 0 aliphatic carbocycles. The van der Waals surface area contributed by atoms with Crippen LogP contribution in [0.1, 0.15) is 5.69 Å². The molecule has 5 heteroatoms. The summed E-state index contributed by atoms with van der Waals surface area (Å²) in [6, 6.07) is 18.2. The summed E-state index contributed by atoms with van der Waals surface area (Å²) in [4.78, 5) is 0. The third-order valence-corrected chi connectivity index (χ3v) is 3.83. The van der Waals surface area contributed by atoms with Gasteiger partial charge in [0.05, 0.1) is 0 Å². The maximum atomic E-state index is 5.92. The van der Waals surface area contributed by atoms with Gasteiger partial charge < -0.3 is 4.74 Å². The fraction of sp³-hybridized carbons (Fsp3) is 0.0667. The molecule has 0 amide bonds. The molecule has 0 spiro atoms. The van der Waals surface area contributed by atoms with Gasteiger partial charge in [-0.25, -0.2) is 0 Å². The van der Waals surface area contributed by atoms with E-state index in [-0.39, 0.29) is 0 Å². The largest absolute Gasteiger partial charge is 0.487 e. The molecule has 0 N–H and O–H groups in total. The lowest BCUT2D eigenvalue weighted by atomic mass is 10.1. The number of ether oxygens (including phenoxy) is 1. The molecule has 0 aliphatic rings. The van der Waals surface area contributed by atoms with Crippen molar-refractivity contribution >= 4 is 23.1 Å². The van der Waals surface area contributed by atoms with Gasteiger partial charge in [-0.05, 0) is 23.3 Å². The first-order valence-electron chi connectivity index (χ1n) is 6.08. The second-order valence-corrected chi connectivity index (χ2v) is 5.53. The first-order chi connectivity index (χ1) is 9.83. The van der Waals surface area contributed by atoms with Crippen LogP contribution in [-0.4, -0.2) is 9.59 Å². The maximum absolute atomic E-state index is 5.92. The molecule has 0 unspecified atom stereocenters. The number of benzene rings is 2. The van der Waals surface area contributed by atoms with Gasteiger partial charge in [-0.3, -0.25) is 0 Å². The molecule has 0 bridgehead atoms. The zero-order valence-corrected chi connectivity index (χ0v) is 12.1. The normalized spacial score (nSPS) is 10.4. The molecule has 0 aliphatic heterocycles. The van der Waals surface area contributed by atoms with Crippen LogP contribution in [0.2, 0.25) is 4.34 Å². The van der Waals surface area contributed by atoms with Crippen LogP contribution >= 0.6 is 23.1 Å². The van der Waals surface area contributed by atoms with Gasteiger partial charge in [0.15, 0.2) is 0 Å². The molecule has 3 aromatic rings. The van der Waals surface area contributed by atoms with Crippen molar-refractivity contribution < 1.29 is 4.74 Å². The van der Waals surface area contributed by atoms with E-state index in [1.54, 1.807) is 0 Å². The highest BCUT2D eigenvalue weighted by Crippen LogP contribution is 2.23. The van der Waals surface area contributed by atoms with Crippen LogP contribution in [0.25, 0.3) is 11.1 Å². The van der Waals surface area contributed by atoms with Gasteiger partial charge in [0.25, 0.3) is 0 Å². The number of aromatic nitrogens is 2. The number of hydrogen-bond donors (Lipinski definition) is 0. The highest BCUT2D eigenvalue weighted by Gasteiger charge is 2.06. The van der Waals surface area contributed by atoms with Crippen LogP contribution in [0, 0.1) is 0 Å². The van der Waals surface area contributed by atoms with E-state index in [4.69, 9.17) is 16.3 Å². The van der Waals surface area contributed by atoms with E-state index in [1.165, 1.54) is 5.56 Å². The van der Waals surface area contributed by atoms with Crippen molar-refractivity contribution in [3.8, 4) is 16.9 Å². The molecule has 0 saturated carbocycles. The molecule has 0 atom stereocenters. The average Bonchev–Trinajstić information content (AvgIpc) is 2.92. The van der Waals surface area contributed by atoms with E-state index in [2.05, 4.69) is 21.7 Å². The first-order valence-corrected chi connectivity index (χ1v) is 7.23. The maximum Gasteiger partial charge on any atom is 0.141 e. The molecule has 20 heavy (non-hydrogen) atoms. The van der Waals surface area contributed by atoms with Gasteiger partial charge in [0.1, 0.15) is 22.4 Å². The van der Waals surface area contributed by atoms with Crippen LogP contribution in [0.5, 0.6) is 5.75 Å². The van der Waals surface area contributed by atoms with Crippen LogP contribution in [0.3, 0.4) is 0 Å². The Kier molecular flexibility index (Phi) is 3.95. The van der Waals surface area contributed by atoms with E-state index < -0.39 is 0 Å². The summed E-state index contributed by atoms with van der Waals surface area (Å²) in [5, 5.41) is 3.91. The minimum atomic E-state index is 0.333. The number of hydrogen-bond acceptors (Lipinski definition) is 4. The Bertz CT molecular complexity index is 683. The fourth-order valence-electron chi connectivity index (χ4n) is 1.81. The second-order valence-electron chi connectivity index (χ2n) is 4.17. The third-order valence-electron chi connectivity index (χ3n) is 2.85. The highest BCUT2D eigenvalue weighted by atomic mass is 35.5. The monoisotopic (exact) mass is 302 g/mol. The molecule has 1 aromatic heterocycles. The van der Waals surface area contributed by atoms with Gasteiger partial charge in [-0.2, -0.15) is 0 Å². The Labute approximate surface area is 126 Å². The minimum Gasteiger partial charge on any atom is -0.487 e. The Hall–Kier alpha value is -1.91. The molecular weight excluding hydrogens is 292 g/mol. The number of halogens is 1. The summed E-state index contributed by atoms with van der Waals surface area (Å²) in [6.07, 6.45) is 0. The van der Waals surface area contributed by atoms with Crippen LogP contribution in [0.4, 0.5) is 0 Å². The summed E-state index contributed by atoms with van der Waals surface area (Å²) < 4.78 is 9.98. The summed E-state index contributed by atoms with van der Waals surface area (Å²) in [6.45, 7) is 0.333. The van der Waals surface area contributed by atoms with E-state index in [0.717, 1.165) is 22.8 Å². The quantitative estimate of drug-likeness (QED) is 0.715. The number of nitrogens with zero attached hydrogens (tertiary/aromatic N) is 2. The SMILES string of the molecule is Clc1snnc1COc1ccc(-c2ccccc2)cc1. The van der Waals surface area contributed by atoms with Crippen molar-refractivity contribution in [2.24, 2.45) is 0 Å². The molecule has 0 saturated heterocycles. The smallest absolute Gasteiger partial charge is 0.141 e.